The molecule has 31 heavy (non-hydrogen) atoms. The Morgan fingerprint density at radius 3 is 2.61 bits per heavy atom. The summed E-state index contributed by atoms with van der Waals surface area (Å²) in [7, 11) is 1.49. The molecule has 0 saturated carbocycles. The van der Waals surface area contributed by atoms with E-state index in [2.05, 4.69) is 15.6 Å². The van der Waals surface area contributed by atoms with Crippen LogP contribution in [0.4, 0.5) is 16.4 Å². The summed E-state index contributed by atoms with van der Waals surface area (Å²) in [5.74, 6) is -0.593. The van der Waals surface area contributed by atoms with E-state index in [1.54, 1.807) is 32.9 Å². The predicted octanol–water partition coefficient (Wildman–Crippen LogP) is 1.86. The number of nitrogens with zero attached hydrogens (tertiary/aromatic N) is 3. The molecular formula is C19H25N5O7. The van der Waals surface area contributed by atoms with Crippen molar-refractivity contribution < 1.29 is 29.1 Å². The van der Waals surface area contributed by atoms with Crippen molar-refractivity contribution in [1.82, 2.24) is 14.9 Å². The van der Waals surface area contributed by atoms with Crippen LogP contribution in [0.25, 0.3) is 0 Å². The molecule has 0 aliphatic heterocycles. The maximum Gasteiger partial charge on any atom is 0.434 e. The summed E-state index contributed by atoms with van der Waals surface area (Å²) < 4.78 is 12.1. The number of imidazole rings is 1. The fourth-order valence-electron chi connectivity index (χ4n) is 2.45. The molecule has 0 radical (unpaired) electrons. The Labute approximate surface area is 178 Å². The van der Waals surface area contributed by atoms with Crippen molar-refractivity contribution in [2.24, 2.45) is 7.05 Å². The monoisotopic (exact) mass is 435 g/mol. The van der Waals surface area contributed by atoms with Gasteiger partial charge in [-0.15, -0.1) is 0 Å². The first-order valence-corrected chi connectivity index (χ1v) is 9.28. The zero-order valence-electron chi connectivity index (χ0n) is 17.7. The molecule has 12 heteroatoms. The lowest BCUT2D eigenvalue weighted by atomic mass is 10.2. The van der Waals surface area contributed by atoms with Crippen molar-refractivity contribution in [3.05, 3.63) is 45.8 Å². The highest BCUT2D eigenvalue weighted by Crippen LogP contribution is 2.27. The van der Waals surface area contributed by atoms with Gasteiger partial charge < -0.3 is 35.3 Å². The number of anilines is 1. The van der Waals surface area contributed by atoms with Crippen LogP contribution in [0, 0.1) is 10.1 Å². The van der Waals surface area contributed by atoms with E-state index in [0.717, 1.165) is 0 Å². The Balaban J connectivity index is 2.06. The van der Waals surface area contributed by atoms with E-state index >= 15 is 0 Å². The summed E-state index contributed by atoms with van der Waals surface area (Å²) in [6, 6.07) is 4.68. The summed E-state index contributed by atoms with van der Waals surface area (Å²) in [5.41, 5.74) is 0.540. The normalized spacial score (nSPS) is 11.0. The standard InChI is InChI=1S/C19H25N5O7/c1-19(2,3)31-18(27)21-9-16(26)22-14-7-12(10-25)5-6-15(14)30-11-13-8-20-17(23(13)4)24(28)29/h5-8,25H,9-11H2,1-4H3,(H,21,27)(H,22,26). The minimum Gasteiger partial charge on any atom is -0.484 e. The number of rotatable bonds is 8. The average Bonchev–Trinajstić information content (AvgIpc) is 3.04. The van der Waals surface area contributed by atoms with Gasteiger partial charge in [0.15, 0.2) is 5.69 Å². The molecule has 0 spiro atoms. The van der Waals surface area contributed by atoms with E-state index in [4.69, 9.17) is 9.47 Å². The number of nitrogens with one attached hydrogen (secondary N) is 2. The molecule has 0 aliphatic rings. The largest absolute Gasteiger partial charge is 0.484 e. The maximum atomic E-state index is 12.3. The number of nitro groups is 1. The minimum absolute atomic E-state index is 0.0468. The van der Waals surface area contributed by atoms with Gasteiger partial charge in [-0.25, -0.2) is 9.36 Å². The third-order valence-electron chi connectivity index (χ3n) is 3.89. The zero-order chi connectivity index (χ0) is 23.2. The molecule has 0 atom stereocenters. The average molecular weight is 435 g/mol. The lowest BCUT2D eigenvalue weighted by molar-refractivity contribution is -0.396. The number of ether oxygens (including phenoxy) is 2. The van der Waals surface area contributed by atoms with Gasteiger partial charge in [-0.2, -0.15) is 0 Å². The molecule has 168 valence electrons. The highest BCUT2D eigenvalue weighted by atomic mass is 16.6. The van der Waals surface area contributed by atoms with E-state index < -0.39 is 22.5 Å². The van der Waals surface area contributed by atoms with Crippen molar-refractivity contribution in [2.75, 3.05) is 11.9 Å². The maximum absolute atomic E-state index is 12.3. The first-order chi connectivity index (χ1) is 14.5. The van der Waals surface area contributed by atoms with Gasteiger partial charge in [0.25, 0.3) is 0 Å². The van der Waals surface area contributed by atoms with Crippen LogP contribution in [0.15, 0.2) is 24.4 Å². The third kappa shape index (κ3) is 6.96. The lowest BCUT2D eigenvalue weighted by Crippen LogP contribution is -2.37. The molecule has 12 nitrogen and oxygen atoms in total. The van der Waals surface area contributed by atoms with Crippen LogP contribution in [-0.4, -0.2) is 43.7 Å². The van der Waals surface area contributed by atoms with Gasteiger partial charge in [-0.3, -0.25) is 4.79 Å². The van der Waals surface area contributed by atoms with E-state index in [1.807, 2.05) is 0 Å². The Hall–Kier alpha value is -3.67. The Kier molecular flexibility index (Phi) is 7.53. The van der Waals surface area contributed by atoms with Crippen molar-refractivity contribution >= 4 is 23.6 Å². The van der Waals surface area contributed by atoms with Crippen LogP contribution in [0.5, 0.6) is 5.75 Å². The molecule has 2 amide bonds. The number of alkyl carbamates (subject to hydrolysis) is 1. The number of aliphatic hydroxyl groups excluding tert-OH is 1. The Morgan fingerprint density at radius 2 is 2.03 bits per heavy atom. The molecule has 0 fully saturated rings. The fraction of sp³-hybridized carbons (Fsp3) is 0.421. The number of aromatic nitrogens is 2. The number of amides is 2. The van der Waals surface area contributed by atoms with Gasteiger partial charge in [0, 0.05) is 0 Å². The number of carbonyl (C=O) groups is 2. The van der Waals surface area contributed by atoms with Crippen LogP contribution in [0.2, 0.25) is 0 Å². The minimum atomic E-state index is -0.735. The molecule has 0 aliphatic carbocycles. The van der Waals surface area contributed by atoms with Gasteiger partial charge in [-0.1, -0.05) is 11.1 Å². The number of benzene rings is 1. The number of hydrogen-bond acceptors (Lipinski definition) is 8. The van der Waals surface area contributed by atoms with Gasteiger partial charge in [-0.05, 0) is 43.4 Å². The summed E-state index contributed by atoms with van der Waals surface area (Å²) in [6.45, 7) is 4.46. The Morgan fingerprint density at radius 1 is 1.32 bits per heavy atom. The number of carbonyl (C=O) groups excluding carboxylic acids is 2. The van der Waals surface area contributed by atoms with Crippen LogP contribution in [-0.2, 0) is 29.8 Å². The van der Waals surface area contributed by atoms with Crippen LogP contribution >= 0.6 is 0 Å². The first-order valence-electron chi connectivity index (χ1n) is 9.28. The predicted molar refractivity (Wildman–Crippen MR) is 109 cm³/mol. The highest BCUT2D eigenvalue weighted by Gasteiger charge is 2.19. The number of aliphatic hydroxyl groups is 1. The molecule has 0 saturated heterocycles. The molecule has 0 bridgehead atoms. The molecule has 0 unspecified atom stereocenters. The van der Waals surface area contributed by atoms with E-state index in [9.17, 15) is 24.8 Å². The van der Waals surface area contributed by atoms with E-state index in [0.29, 0.717) is 11.3 Å². The molecule has 2 rings (SSSR count). The van der Waals surface area contributed by atoms with Crippen LogP contribution in [0.1, 0.15) is 32.0 Å². The molecule has 2 aromatic rings. The van der Waals surface area contributed by atoms with Gasteiger partial charge in [0.05, 0.1) is 19.3 Å². The highest BCUT2D eigenvalue weighted by molar-refractivity contribution is 5.95. The van der Waals surface area contributed by atoms with Crippen molar-refractivity contribution in [3.8, 4) is 5.75 Å². The topological polar surface area (TPSA) is 158 Å². The zero-order valence-corrected chi connectivity index (χ0v) is 17.7. The third-order valence-corrected chi connectivity index (χ3v) is 3.89. The SMILES string of the molecule is Cn1c(COc2ccc(CO)cc2NC(=O)CNC(=O)OC(C)(C)C)cnc1[N+](=O)[O-]. The summed E-state index contributed by atoms with van der Waals surface area (Å²) in [5, 5.41) is 25.2. The van der Waals surface area contributed by atoms with Gasteiger partial charge in [0.1, 0.15) is 30.7 Å². The number of hydrogen-bond donors (Lipinski definition) is 3. The summed E-state index contributed by atoms with van der Waals surface area (Å²) in [4.78, 5) is 38.0. The second kappa shape index (κ2) is 9.89. The van der Waals surface area contributed by atoms with Gasteiger partial charge >= 0.3 is 12.0 Å². The second-order valence-corrected chi connectivity index (χ2v) is 7.55. The van der Waals surface area contributed by atoms with Crippen LogP contribution < -0.4 is 15.4 Å². The molecule has 1 aromatic carbocycles. The molecule has 3 N–H and O–H groups in total. The molecular weight excluding hydrogens is 410 g/mol. The lowest BCUT2D eigenvalue weighted by Gasteiger charge is -2.19. The molecule has 1 aromatic heterocycles. The fourth-order valence-corrected chi connectivity index (χ4v) is 2.45. The van der Waals surface area contributed by atoms with E-state index in [-0.39, 0.29) is 37.1 Å². The summed E-state index contributed by atoms with van der Waals surface area (Å²) in [6.07, 6.45) is 0.587. The smallest absolute Gasteiger partial charge is 0.434 e. The van der Waals surface area contributed by atoms with E-state index in [1.165, 1.54) is 23.9 Å². The van der Waals surface area contributed by atoms with Crippen molar-refractivity contribution in [3.63, 3.8) is 0 Å². The first kappa shape index (κ1) is 23.6. The van der Waals surface area contributed by atoms with Crippen molar-refractivity contribution in [1.29, 1.82) is 0 Å². The van der Waals surface area contributed by atoms with Gasteiger partial charge in [0.2, 0.25) is 5.91 Å². The quantitative estimate of drug-likeness (QED) is 0.419. The Bertz CT molecular complexity index is 965. The van der Waals surface area contributed by atoms with Crippen molar-refractivity contribution in [2.45, 2.75) is 39.6 Å². The summed E-state index contributed by atoms with van der Waals surface area (Å²) >= 11 is 0. The second-order valence-electron chi connectivity index (χ2n) is 7.55. The van der Waals surface area contributed by atoms with Crippen LogP contribution in [0.3, 0.4) is 0 Å². The molecule has 1 heterocycles.